The third-order valence-corrected chi connectivity index (χ3v) is 17.6. The third kappa shape index (κ3) is 6.15. The minimum atomic E-state index is -2.83. The van der Waals surface area contributed by atoms with Crippen LogP contribution < -0.4 is 9.64 Å². The number of anilines is 1. The maximum Gasteiger partial charge on any atom is 0.265 e. The second-order valence-electron chi connectivity index (χ2n) is 18.1. The average Bonchev–Trinajstić information content (AvgIpc) is 3.58. The summed E-state index contributed by atoms with van der Waals surface area (Å²) in [6.07, 6.45) is 0.966. The van der Waals surface area contributed by atoms with E-state index in [1.54, 1.807) is 0 Å². The van der Waals surface area contributed by atoms with Crippen LogP contribution in [0.15, 0.2) is 94.7 Å². The van der Waals surface area contributed by atoms with Gasteiger partial charge in [0, 0.05) is 36.8 Å². The van der Waals surface area contributed by atoms with Gasteiger partial charge in [-0.25, -0.2) is 0 Å². The number of aliphatic hydroxyl groups excluding tert-OH is 1. The molecule has 0 aliphatic heterocycles. The highest BCUT2D eigenvalue weighted by Crippen LogP contribution is 2.59. The smallest absolute Gasteiger partial charge is 0.265 e. The van der Waals surface area contributed by atoms with Crippen LogP contribution >= 0.6 is 0 Å². The minimum Gasteiger partial charge on any atom is -0.508 e. The van der Waals surface area contributed by atoms with Crippen LogP contribution in [-0.4, -0.2) is 68.8 Å². The molecule has 0 bridgehead atoms. The van der Waals surface area contributed by atoms with E-state index in [4.69, 9.17) is 13.7 Å². The molecule has 0 fully saturated rings. The molecule has 8 rings (SSSR count). The van der Waals surface area contributed by atoms with Crippen LogP contribution in [-0.2, 0) is 17.5 Å². The highest BCUT2D eigenvalue weighted by Gasteiger charge is 2.67. The lowest BCUT2D eigenvalue weighted by Gasteiger charge is -2.55. The van der Waals surface area contributed by atoms with Crippen LogP contribution in [0.1, 0.15) is 76.4 Å². The van der Waals surface area contributed by atoms with Crippen molar-refractivity contribution < 1.29 is 28.4 Å². The van der Waals surface area contributed by atoms with E-state index in [-0.39, 0.29) is 46.1 Å². The standard InChI is InChI=1S/C47H53N3O6Si/c1-27-35-24-30(29-18-20-34(21-19-29)49(5)6)16-17-31(35)22-32-23-33-25-36-40(50(7)8)42-39(45(48-55-42)54-26-28-14-12-11-13-15-28)44(53)47(36,56-57(9,10)46(2,3)4)43(52)38(33)41(51)37(27)32/h11-22,24,33,36,40,52H,23,25-26H2,1-10H3/t33-,36-,40-,47-/m0/s1. The Balaban J connectivity index is 1.29. The number of ether oxygens (including phenoxy) is 1. The first-order chi connectivity index (χ1) is 26.9. The Morgan fingerprint density at radius 1 is 0.930 bits per heavy atom. The van der Waals surface area contributed by atoms with Gasteiger partial charge in [-0.2, -0.15) is 0 Å². The van der Waals surface area contributed by atoms with E-state index in [0.29, 0.717) is 24.2 Å². The molecule has 10 heteroatoms. The van der Waals surface area contributed by atoms with Gasteiger partial charge < -0.3 is 23.7 Å². The molecular formula is C47H53N3O6Si. The first-order valence-electron chi connectivity index (χ1n) is 19.8. The van der Waals surface area contributed by atoms with Crippen molar-refractivity contribution in [3.8, 4) is 17.0 Å². The largest absolute Gasteiger partial charge is 0.508 e. The van der Waals surface area contributed by atoms with E-state index >= 15 is 9.59 Å². The Kier molecular flexibility index (Phi) is 9.41. The molecule has 0 saturated carbocycles. The number of allylic oxidation sites excluding steroid dienone is 1. The summed E-state index contributed by atoms with van der Waals surface area (Å²) >= 11 is 0. The predicted octanol–water partition coefficient (Wildman–Crippen LogP) is 9.90. The van der Waals surface area contributed by atoms with Crippen molar-refractivity contribution in [3.63, 3.8) is 0 Å². The summed E-state index contributed by atoms with van der Waals surface area (Å²) in [5, 5.41) is 19.0. The molecule has 4 atom stereocenters. The molecule has 0 saturated heterocycles. The number of Topliss-reactive ketones (excluding diaryl/α,β-unsaturated/α-hetero) is 2. The van der Waals surface area contributed by atoms with E-state index < -0.39 is 31.7 Å². The van der Waals surface area contributed by atoms with Gasteiger partial charge in [-0.1, -0.05) is 81.4 Å². The molecule has 0 radical (unpaired) electrons. The number of benzene rings is 4. The Bertz CT molecular complexity index is 2440. The van der Waals surface area contributed by atoms with Crippen LogP contribution in [0.25, 0.3) is 21.9 Å². The molecule has 0 amide bonds. The van der Waals surface area contributed by atoms with E-state index in [0.717, 1.165) is 44.3 Å². The number of fused-ring (bicyclic) bond motifs is 5. The number of rotatable bonds is 8. The zero-order valence-electron chi connectivity index (χ0n) is 34.7. The fourth-order valence-corrected chi connectivity index (χ4v) is 10.6. The first kappa shape index (κ1) is 38.8. The van der Waals surface area contributed by atoms with E-state index in [1.807, 2.05) is 70.3 Å². The Hall–Kier alpha value is -5.03. The summed E-state index contributed by atoms with van der Waals surface area (Å²) in [6.45, 7) is 12.7. The number of aryl methyl sites for hydroxylation is 1. The van der Waals surface area contributed by atoms with Gasteiger partial charge in [0.05, 0.1) is 6.04 Å². The van der Waals surface area contributed by atoms with E-state index in [9.17, 15) is 5.11 Å². The van der Waals surface area contributed by atoms with Crippen LogP contribution in [0.4, 0.5) is 5.69 Å². The summed E-state index contributed by atoms with van der Waals surface area (Å²) in [5.74, 6) is -1.49. The maximum atomic E-state index is 15.5. The molecule has 9 nitrogen and oxygen atoms in total. The summed E-state index contributed by atoms with van der Waals surface area (Å²) in [5.41, 5.74) is 5.12. The van der Waals surface area contributed by atoms with Gasteiger partial charge in [0.25, 0.3) is 5.88 Å². The van der Waals surface area contributed by atoms with Crippen molar-refractivity contribution in [2.24, 2.45) is 11.8 Å². The number of carbonyl (C=O) groups excluding carboxylic acids is 2. The van der Waals surface area contributed by atoms with Crippen LogP contribution in [0.3, 0.4) is 0 Å². The van der Waals surface area contributed by atoms with Crippen molar-refractivity contribution in [2.75, 3.05) is 33.1 Å². The Labute approximate surface area is 336 Å². The number of hydrogen-bond acceptors (Lipinski definition) is 9. The van der Waals surface area contributed by atoms with Gasteiger partial charge in [-0.15, -0.1) is 0 Å². The lowest BCUT2D eigenvalue weighted by Crippen LogP contribution is -2.65. The Morgan fingerprint density at radius 3 is 2.26 bits per heavy atom. The van der Waals surface area contributed by atoms with E-state index in [1.165, 1.54) is 0 Å². The van der Waals surface area contributed by atoms with Crippen molar-refractivity contribution in [3.05, 3.63) is 124 Å². The normalized spacial score (nSPS) is 22.0. The monoisotopic (exact) mass is 783 g/mol. The fraction of sp³-hybridized carbons (Fsp3) is 0.383. The van der Waals surface area contributed by atoms with Gasteiger partial charge in [0.2, 0.25) is 5.78 Å². The fourth-order valence-electron chi connectivity index (χ4n) is 9.13. The lowest BCUT2D eigenvalue weighted by molar-refractivity contribution is -0.0480. The molecule has 3 aliphatic rings. The van der Waals surface area contributed by atoms with Crippen LogP contribution in [0.5, 0.6) is 5.88 Å². The molecule has 1 heterocycles. The van der Waals surface area contributed by atoms with Crippen LogP contribution in [0.2, 0.25) is 18.1 Å². The first-order valence-corrected chi connectivity index (χ1v) is 22.8. The molecule has 1 N–H and O–H groups in total. The Morgan fingerprint density at radius 2 is 1.61 bits per heavy atom. The zero-order chi connectivity index (χ0) is 40.8. The van der Waals surface area contributed by atoms with Crippen molar-refractivity contribution in [1.29, 1.82) is 0 Å². The molecule has 0 spiro atoms. The minimum absolute atomic E-state index is 0.0528. The van der Waals surface area contributed by atoms with Gasteiger partial charge >= 0.3 is 0 Å². The summed E-state index contributed by atoms with van der Waals surface area (Å²) in [6, 6.07) is 26.1. The maximum absolute atomic E-state index is 15.5. The number of aliphatic hydroxyl groups is 1. The number of nitrogens with zero attached hydrogens (tertiary/aromatic N) is 3. The van der Waals surface area contributed by atoms with Crippen molar-refractivity contribution in [2.45, 2.75) is 76.9 Å². The molecule has 3 aliphatic carbocycles. The highest BCUT2D eigenvalue weighted by molar-refractivity contribution is 6.74. The van der Waals surface area contributed by atoms with E-state index in [2.05, 4.69) is 92.5 Å². The van der Waals surface area contributed by atoms with Gasteiger partial charge in [-0.3, -0.25) is 14.5 Å². The lowest BCUT2D eigenvalue weighted by atomic mass is 9.58. The average molecular weight is 784 g/mol. The number of hydrogen-bond donors (Lipinski definition) is 1. The highest BCUT2D eigenvalue weighted by atomic mass is 28.4. The number of carbonyl (C=O) groups is 2. The summed E-state index contributed by atoms with van der Waals surface area (Å²) in [4.78, 5) is 34.8. The number of ketones is 2. The predicted molar refractivity (Wildman–Crippen MR) is 227 cm³/mol. The molecule has 296 valence electrons. The topological polar surface area (TPSA) is 105 Å². The molecule has 0 unspecified atom stereocenters. The molecule has 1 aromatic heterocycles. The quantitative estimate of drug-likeness (QED) is 0.154. The summed E-state index contributed by atoms with van der Waals surface area (Å²) < 4.78 is 19.6. The molecule has 57 heavy (non-hydrogen) atoms. The van der Waals surface area contributed by atoms with Gasteiger partial charge in [0.1, 0.15) is 17.9 Å². The zero-order valence-corrected chi connectivity index (χ0v) is 35.7. The second-order valence-corrected chi connectivity index (χ2v) is 22.8. The van der Waals surface area contributed by atoms with Crippen molar-refractivity contribution in [1.82, 2.24) is 10.1 Å². The van der Waals surface area contributed by atoms with Crippen molar-refractivity contribution >= 4 is 36.3 Å². The third-order valence-electron chi connectivity index (χ3n) is 13.1. The van der Waals surface area contributed by atoms with Crippen LogP contribution in [0, 0.1) is 18.8 Å². The SMILES string of the molecule is Cc1c2c(cc3ccc(-c4ccc(N(C)C)cc4)cc13)C[C@H]1C[C@H]3[C@H](N(C)C)c4onc(OCc5ccccc5)c4C(=O)[C@@]3(O[Si](C)(C)C(C)(C)C)C(O)=C1C2=O. The molecular weight excluding hydrogens is 731 g/mol. The molecule has 4 aromatic carbocycles. The van der Waals surface area contributed by atoms with Gasteiger partial charge in [0.15, 0.2) is 25.5 Å². The second kappa shape index (κ2) is 13.8. The number of aromatic nitrogens is 1. The summed E-state index contributed by atoms with van der Waals surface area (Å²) in [7, 11) is 5.09. The van der Waals surface area contributed by atoms with Gasteiger partial charge in [-0.05, 0) is 120 Å². The molecule has 5 aromatic rings.